The second-order valence-electron chi connectivity index (χ2n) is 6.04. The highest BCUT2D eigenvalue weighted by molar-refractivity contribution is 7.80. The largest absolute Gasteiger partial charge is 0.451 e. The van der Waals surface area contributed by atoms with E-state index in [1.54, 1.807) is 30.3 Å². The molecule has 0 bridgehead atoms. The highest BCUT2D eigenvalue weighted by atomic mass is 35.6. The molecule has 3 aromatic rings. The fraction of sp³-hybridized carbons (Fsp3) is 0.105. The zero-order valence-corrected chi connectivity index (χ0v) is 18.0. The molecule has 150 valence electrons. The van der Waals surface area contributed by atoms with Gasteiger partial charge in [-0.3, -0.25) is 14.9 Å². The summed E-state index contributed by atoms with van der Waals surface area (Å²) in [5.74, 6) is -1.02. The maximum absolute atomic E-state index is 12.5. The van der Waals surface area contributed by atoms with Crippen LogP contribution >= 0.6 is 47.0 Å². The molecule has 0 aliphatic heterocycles. The minimum Gasteiger partial charge on any atom is -0.451 e. The van der Waals surface area contributed by atoms with Crippen molar-refractivity contribution in [3.8, 4) is 0 Å². The van der Waals surface area contributed by atoms with Crippen LogP contribution in [0, 0.1) is 6.92 Å². The standard InChI is InChI=1S/C19H14Cl3N3O3S/c1-10-8-12(23-18(29)25-17(27)19(20,21)22)6-7-13(10)24-16(26)15-9-11-4-2-3-5-14(11)28-15/h2-9H,1H3,(H,24,26)(H2,23,25,27,29). The summed E-state index contributed by atoms with van der Waals surface area (Å²) in [4.78, 5) is 24.1. The first-order chi connectivity index (χ1) is 13.6. The first-order valence-electron chi connectivity index (χ1n) is 8.23. The van der Waals surface area contributed by atoms with Crippen LogP contribution < -0.4 is 16.0 Å². The molecule has 3 N–H and O–H groups in total. The molecule has 0 aliphatic carbocycles. The van der Waals surface area contributed by atoms with E-state index in [1.807, 2.05) is 25.1 Å². The van der Waals surface area contributed by atoms with E-state index in [0.29, 0.717) is 17.0 Å². The Morgan fingerprint density at radius 3 is 2.41 bits per heavy atom. The lowest BCUT2D eigenvalue weighted by molar-refractivity contribution is -0.118. The van der Waals surface area contributed by atoms with Gasteiger partial charge in [0, 0.05) is 16.8 Å². The van der Waals surface area contributed by atoms with Crippen molar-refractivity contribution in [2.24, 2.45) is 0 Å². The number of rotatable bonds is 3. The molecule has 29 heavy (non-hydrogen) atoms. The second kappa shape index (κ2) is 8.59. The average Bonchev–Trinajstić information content (AvgIpc) is 3.07. The van der Waals surface area contributed by atoms with Gasteiger partial charge in [-0.2, -0.15) is 0 Å². The number of carbonyl (C=O) groups excluding carboxylic acids is 2. The molecule has 6 nitrogen and oxygen atoms in total. The molecule has 3 rings (SSSR count). The van der Waals surface area contributed by atoms with Crippen LogP contribution in [-0.4, -0.2) is 20.7 Å². The van der Waals surface area contributed by atoms with Gasteiger partial charge in [0.25, 0.3) is 15.6 Å². The number of fused-ring (bicyclic) bond motifs is 1. The number of thiocarbonyl (C=S) groups is 1. The summed E-state index contributed by atoms with van der Waals surface area (Å²) >= 11 is 21.5. The average molecular weight is 471 g/mol. The SMILES string of the molecule is Cc1cc(NC(=S)NC(=O)C(Cl)(Cl)Cl)ccc1NC(=O)c1cc2ccccc2o1. The van der Waals surface area contributed by atoms with Gasteiger partial charge in [0.05, 0.1) is 0 Å². The Morgan fingerprint density at radius 2 is 1.76 bits per heavy atom. The molecule has 0 saturated carbocycles. The number of carbonyl (C=O) groups is 2. The number of alkyl halides is 3. The van der Waals surface area contributed by atoms with Crippen LogP contribution in [0.15, 0.2) is 52.9 Å². The Hall–Kier alpha value is -2.32. The third kappa shape index (κ3) is 5.39. The smallest absolute Gasteiger partial charge is 0.291 e. The summed E-state index contributed by atoms with van der Waals surface area (Å²) in [6.45, 7) is 1.81. The molecule has 1 aromatic heterocycles. The van der Waals surface area contributed by atoms with Crippen molar-refractivity contribution in [1.29, 1.82) is 0 Å². The van der Waals surface area contributed by atoms with E-state index in [9.17, 15) is 9.59 Å². The third-order valence-electron chi connectivity index (χ3n) is 3.87. The Labute approximate surface area is 186 Å². The molecule has 10 heteroatoms. The number of hydrogen-bond acceptors (Lipinski definition) is 4. The topological polar surface area (TPSA) is 83.4 Å². The molecule has 0 aliphatic rings. The predicted octanol–water partition coefficient (Wildman–Crippen LogP) is 5.18. The Kier molecular flexibility index (Phi) is 6.33. The number of hydrogen-bond donors (Lipinski definition) is 3. The molecule has 0 fully saturated rings. The summed E-state index contributed by atoms with van der Waals surface area (Å²) in [7, 11) is 0. The first kappa shape index (κ1) is 21.4. The predicted molar refractivity (Wildman–Crippen MR) is 120 cm³/mol. The quantitative estimate of drug-likeness (QED) is 0.363. The second-order valence-corrected chi connectivity index (χ2v) is 8.73. The van der Waals surface area contributed by atoms with Crippen LogP contribution in [0.25, 0.3) is 11.0 Å². The summed E-state index contributed by atoms with van der Waals surface area (Å²) in [5, 5.41) is 8.70. The van der Waals surface area contributed by atoms with Crippen molar-refractivity contribution in [3.05, 3.63) is 59.9 Å². The molecule has 0 atom stereocenters. The van der Waals surface area contributed by atoms with E-state index in [2.05, 4.69) is 16.0 Å². The number of halogens is 3. The molecule has 0 radical (unpaired) electrons. The molecular weight excluding hydrogens is 457 g/mol. The van der Waals surface area contributed by atoms with Crippen molar-refractivity contribution in [3.63, 3.8) is 0 Å². The van der Waals surface area contributed by atoms with E-state index in [1.165, 1.54) is 0 Å². The first-order valence-corrected chi connectivity index (χ1v) is 9.77. The zero-order chi connectivity index (χ0) is 21.2. The van der Waals surface area contributed by atoms with Crippen LogP contribution in [0.3, 0.4) is 0 Å². The lowest BCUT2D eigenvalue weighted by Crippen LogP contribution is -2.41. The van der Waals surface area contributed by atoms with Crippen LogP contribution in [-0.2, 0) is 4.79 Å². The monoisotopic (exact) mass is 469 g/mol. The van der Waals surface area contributed by atoms with Crippen LogP contribution in [0.4, 0.5) is 11.4 Å². The molecular formula is C19H14Cl3N3O3S. The van der Waals surface area contributed by atoms with E-state index >= 15 is 0 Å². The van der Waals surface area contributed by atoms with E-state index in [0.717, 1.165) is 10.9 Å². The molecule has 2 aromatic carbocycles. The zero-order valence-electron chi connectivity index (χ0n) is 14.9. The summed E-state index contributed by atoms with van der Waals surface area (Å²) < 4.78 is 3.45. The van der Waals surface area contributed by atoms with Gasteiger partial charge in [-0.05, 0) is 55.0 Å². The van der Waals surface area contributed by atoms with Crippen molar-refractivity contribution >= 4 is 86.3 Å². The van der Waals surface area contributed by atoms with Crippen LogP contribution in [0.2, 0.25) is 0 Å². The lowest BCUT2D eigenvalue weighted by Gasteiger charge is -2.14. The number of nitrogens with one attached hydrogen (secondary N) is 3. The van der Waals surface area contributed by atoms with Crippen molar-refractivity contribution in [1.82, 2.24) is 5.32 Å². The molecule has 0 unspecified atom stereocenters. The van der Waals surface area contributed by atoms with Crippen molar-refractivity contribution in [2.75, 3.05) is 10.6 Å². The van der Waals surface area contributed by atoms with Crippen molar-refractivity contribution < 1.29 is 14.0 Å². The highest BCUT2D eigenvalue weighted by Gasteiger charge is 2.31. The normalized spacial score (nSPS) is 11.2. The van der Waals surface area contributed by atoms with E-state index in [-0.39, 0.29) is 16.8 Å². The Balaban J connectivity index is 1.67. The summed E-state index contributed by atoms with van der Waals surface area (Å²) in [5.41, 5.74) is 2.57. The van der Waals surface area contributed by atoms with Gasteiger partial charge in [-0.1, -0.05) is 53.0 Å². The van der Waals surface area contributed by atoms with Crippen molar-refractivity contribution in [2.45, 2.75) is 10.7 Å². The number of benzene rings is 2. The van der Waals surface area contributed by atoms with E-state index < -0.39 is 9.70 Å². The minimum absolute atomic E-state index is 0.0280. The Morgan fingerprint density at radius 1 is 1.03 bits per heavy atom. The number of para-hydroxylation sites is 1. The van der Waals surface area contributed by atoms with Gasteiger partial charge in [-0.15, -0.1) is 0 Å². The fourth-order valence-corrected chi connectivity index (χ4v) is 2.85. The van der Waals surface area contributed by atoms with Gasteiger partial charge >= 0.3 is 0 Å². The lowest BCUT2D eigenvalue weighted by atomic mass is 10.1. The summed E-state index contributed by atoms with van der Waals surface area (Å²) in [6.07, 6.45) is 0. The molecule has 0 spiro atoms. The van der Waals surface area contributed by atoms with E-state index in [4.69, 9.17) is 51.4 Å². The molecule has 1 heterocycles. The van der Waals surface area contributed by atoms with Gasteiger partial charge in [0.1, 0.15) is 5.58 Å². The number of anilines is 2. The number of furan rings is 1. The van der Waals surface area contributed by atoms with Gasteiger partial charge < -0.3 is 15.1 Å². The number of aryl methyl sites for hydroxylation is 1. The summed E-state index contributed by atoms with van der Waals surface area (Å²) in [6, 6.07) is 14.2. The van der Waals surface area contributed by atoms with Gasteiger partial charge in [0.15, 0.2) is 10.9 Å². The third-order valence-corrected chi connectivity index (χ3v) is 4.59. The minimum atomic E-state index is -2.12. The van der Waals surface area contributed by atoms with Gasteiger partial charge in [0.2, 0.25) is 0 Å². The van der Waals surface area contributed by atoms with Crippen LogP contribution in [0.1, 0.15) is 16.1 Å². The fourth-order valence-electron chi connectivity index (χ4n) is 2.50. The maximum Gasteiger partial charge on any atom is 0.291 e. The molecule has 0 saturated heterocycles. The van der Waals surface area contributed by atoms with Crippen LogP contribution in [0.5, 0.6) is 0 Å². The highest BCUT2D eigenvalue weighted by Crippen LogP contribution is 2.26. The van der Waals surface area contributed by atoms with Gasteiger partial charge in [-0.25, -0.2) is 0 Å². The number of amides is 2. The maximum atomic E-state index is 12.5. The molecule has 2 amide bonds. The Bertz CT molecular complexity index is 1080.